The molecule has 0 aromatic carbocycles. The number of anilines is 1. The number of carbonyl (C=O) groups is 1. The second-order valence-corrected chi connectivity index (χ2v) is 4.56. The van der Waals surface area contributed by atoms with E-state index >= 15 is 0 Å². The van der Waals surface area contributed by atoms with E-state index in [0.29, 0.717) is 18.8 Å². The van der Waals surface area contributed by atoms with Crippen molar-refractivity contribution < 1.29 is 9.21 Å². The Morgan fingerprint density at radius 2 is 2.40 bits per heavy atom. The molecule has 2 aromatic rings. The highest BCUT2D eigenvalue weighted by atomic mass is 16.3. The number of nitrogens with two attached hydrogens (primary N) is 1. The Kier molecular flexibility index (Phi) is 3.20. The van der Waals surface area contributed by atoms with Crippen LogP contribution in [0.4, 0.5) is 5.95 Å². The Hall–Kier alpha value is -2.63. The maximum absolute atomic E-state index is 12.1. The molecule has 2 N–H and O–H groups in total. The van der Waals surface area contributed by atoms with E-state index < -0.39 is 0 Å². The second-order valence-electron chi connectivity index (χ2n) is 4.56. The third-order valence-corrected chi connectivity index (χ3v) is 3.21. The molecule has 102 valence electrons. The molecule has 3 rings (SSSR count). The minimum absolute atomic E-state index is 0.0655. The Bertz CT molecular complexity index is 649. The molecule has 1 amide bonds. The molecule has 2 aromatic heterocycles. The topological polar surface area (TPSA) is 85.2 Å². The first-order valence-corrected chi connectivity index (χ1v) is 6.33. The van der Waals surface area contributed by atoms with Crippen LogP contribution >= 0.6 is 0 Å². The SMILES string of the molecule is Nc1ncc2c(n1)CN(C(=O)/C=C/c1ccco1)CC2. The van der Waals surface area contributed by atoms with Crippen molar-refractivity contribution in [2.24, 2.45) is 0 Å². The first kappa shape index (κ1) is 12.4. The van der Waals surface area contributed by atoms with Crippen LogP contribution in [0.1, 0.15) is 17.0 Å². The zero-order valence-corrected chi connectivity index (χ0v) is 10.8. The van der Waals surface area contributed by atoms with E-state index in [-0.39, 0.29) is 11.9 Å². The van der Waals surface area contributed by atoms with Crippen LogP contribution in [0, 0.1) is 0 Å². The fourth-order valence-corrected chi connectivity index (χ4v) is 2.15. The number of carbonyl (C=O) groups excluding carboxylic acids is 1. The minimum atomic E-state index is -0.0655. The van der Waals surface area contributed by atoms with E-state index in [1.807, 2.05) is 0 Å². The van der Waals surface area contributed by atoms with E-state index in [2.05, 4.69) is 9.97 Å². The zero-order chi connectivity index (χ0) is 13.9. The van der Waals surface area contributed by atoms with Gasteiger partial charge in [0.25, 0.3) is 0 Å². The Balaban J connectivity index is 1.71. The summed E-state index contributed by atoms with van der Waals surface area (Å²) < 4.78 is 5.15. The molecule has 0 spiro atoms. The number of amides is 1. The maximum Gasteiger partial charge on any atom is 0.247 e. The molecule has 0 atom stereocenters. The predicted octanol–water partition coefficient (Wildman–Crippen LogP) is 1.25. The van der Waals surface area contributed by atoms with Gasteiger partial charge in [0, 0.05) is 18.8 Å². The van der Waals surface area contributed by atoms with Crippen LogP contribution < -0.4 is 5.73 Å². The Morgan fingerprint density at radius 1 is 1.50 bits per heavy atom. The van der Waals surface area contributed by atoms with Gasteiger partial charge in [-0.2, -0.15) is 0 Å². The van der Waals surface area contributed by atoms with Gasteiger partial charge in [0.2, 0.25) is 11.9 Å². The van der Waals surface area contributed by atoms with Gasteiger partial charge in [-0.25, -0.2) is 9.97 Å². The number of rotatable bonds is 2. The molecular weight excluding hydrogens is 256 g/mol. The van der Waals surface area contributed by atoms with Crippen molar-refractivity contribution in [2.75, 3.05) is 12.3 Å². The number of aromatic nitrogens is 2. The number of hydrogen-bond donors (Lipinski definition) is 1. The summed E-state index contributed by atoms with van der Waals surface area (Å²) in [6.45, 7) is 1.12. The van der Waals surface area contributed by atoms with Crippen LogP contribution in [0.5, 0.6) is 0 Å². The van der Waals surface area contributed by atoms with E-state index in [1.54, 1.807) is 35.6 Å². The molecule has 0 bridgehead atoms. The first-order chi connectivity index (χ1) is 9.72. The van der Waals surface area contributed by atoms with Gasteiger partial charge in [-0.15, -0.1) is 0 Å². The lowest BCUT2D eigenvalue weighted by Crippen LogP contribution is -2.35. The Morgan fingerprint density at radius 3 is 3.20 bits per heavy atom. The smallest absolute Gasteiger partial charge is 0.247 e. The summed E-state index contributed by atoms with van der Waals surface area (Å²) in [5.74, 6) is 0.829. The third kappa shape index (κ3) is 2.54. The summed E-state index contributed by atoms with van der Waals surface area (Å²) >= 11 is 0. The molecule has 3 heterocycles. The van der Waals surface area contributed by atoms with Gasteiger partial charge in [-0.3, -0.25) is 4.79 Å². The molecule has 0 saturated carbocycles. The fraction of sp³-hybridized carbons (Fsp3) is 0.214. The van der Waals surface area contributed by atoms with E-state index in [0.717, 1.165) is 17.7 Å². The summed E-state index contributed by atoms with van der Waals surface area (Å²) in [6, 6.07) is 3.57. The van der Waals surface area contributed by atoms with Crippen LogP contribution in [0.3, 0.4) is 0 Å². The van der Waals surface area contributed by atoms with Crippen molar-refractivity contribution in [3.05, 3.63) is 47.7 Å². The monoisotopic (exact) mass is 270 g/mol. The van der Waals surface area contributed by atoms with Crippen LogP contribution in [0.15, 0.2) is 35.1 Å². The number of furan rings is 1. The number of nitrogens with zero attached hydrogens (tertiary/aromatic N) is 3. The van der Waals surface area contributed by atoms with Crippen LogP contribution in [0.2, 0.25) is 0 Å². The van der Waals surface area contributed by atoms with Crippen LogP contribution in [-0.4, -0.2) is 27.3 Å². The standard InChI is InChI=1S/C14H14N4O2/c15-14-16-8-10-5-6-18(9-12(10)17-14)13(19)4-3-11-2-1-7-20-11/h1-4,7-8H,5-6,9H2,(H2,15,16,17)/b4-3+. The normalized spacial score (nSPS) is 14.5. The summed E-state index contributed by atoms with van der Waals surface area (Å²) in [7, 11) is 0. The van der Waals surface area contributed by atoms with Gasteiger partial charge in [-0.1, -0.05) is 0 Å². The average Bonchev–Trinajstić information content (AvgIpc) is 2.97. The molecule has 0 aliphatic carbocycles. The van der Waals surface area contributed by atoms with Crippen molar-refractivity contribution >= 4 is 17.9 Å². The molecular formula is C14H14N4O2. The highest BCUT2D eigenvalue weighted by Crippen LogP contribution is 2.17. The second kappa shape index (κ2) is 5.16. The number of hydrogen-bond acceptors (Lipinski definition) is 5. The lowest BCUT2D eigenvalue weighted by atomic mass is 10.1. The summed E-state index contributed by atoms with van der Waals surface area (Å²) in [6.07, 6.45) is 7.22. The molecule has 6 heteroatoms. The Labute approximate surface area is 115 Å². The lowest BCUT2D eigenvalue weighted by molar-refractivity contribution is -0.126. The van der Waals surface area contributed by atoms with Gasteiger partial charge in [0.15, 0.2) is 0 Å². The van der Waals surface area contributed by atoms with E-state index in [9.17, 15) is 4.79 Å². The highest BCUT2D eigenvalue weighted by molar-refractivity contribution is 5.91. The maximum atomic E-state index is 12.1. The van der Waals surface area contributed by atoms with Gasteiger partial charge in [-0.05, 0) is 30.2 Å². The number of nitrogen functional groups attached to an aromatic ring is 1. The first-order valence-electron chi connectivity index (χ1n) is 6.33. The predicted molar refractivity (Wildman–Crippen MR) is 73.3 cm³/mol. The van der Waals surface area contributed by atoms with E-state index in [4.69, 9.17) is 10.2 Å². The summed E-state index contributed by atoms with van der Waals surface area (Å²) in [5.41, 5.74) is 7.45. The van der Waals surface area contributed by atoms with Crippen molar-refractivity contribution in [1.82, 2.24) is 14.9 Å². The minimum Gasteiger partial charge on any atom is -0.465 e. The summed E-state index contributed by atoms with van der Waals surface area (Å²) in [4.78, 5) is 22.0. The van der Waals surface area contributed by atoms with Gasteiger partial charge in [0.05, 0.1) is 18.5 Å². The highest BCUT2D eigenvalue weighted by Gasteiger charge is 2.20. The molecule has 6 nitrogen and oxygen atoms in total. The average molecular weight is 270 g/mol. The third-order valence-electron chi connectivity index (χ3n) is 3.21. The molecule has 0 radical (unpaired) electrons. The molecule has 0 saturated heterocycles. The van der Waals surface area contributed by atoms with Gasteiger partial charge >= 0.3 is 0 Å². The van der Waals surface area contributed by atoms with Crippen LogP contribution in [-0.2, 0) is 17.8 Å². The quantitative estimate of drug-likeness (QED) is 0.830. The van der Waals surface area contributed by atoms with Crippen molar-refractivity contribution in [2.45, 2.75) is 13.0 Å². The van der Waals surface area contributed by atoms with E-state index in [1.165, 1.54) is 6.08 Å². The van der Waals surface area contributed by atoms with Gasteiger partial charge < -0.3 is 15.1 Å². The largest absolute Gasteiger partial charge is 0.465 e. The number of fused-ring (bicyclic) bond motifs is 1. The molecule has 1 aliphatic heterocycles. The molecule has 1 aliphatic rings. The van der Waals surface area contributed by atoms with Crippen molar-refractivity contribution in [3.63, 3.8) is 0 Å². The van der Waals surface area contributed by atoms with Crippen molar-refractivity contribution in [3.8, 4) is 0 Å². The molecule has 0 fully saturated rings. The fourth-order valence-electron chi connectivity index (χ4n) is 2.15. The van der Waals surface area contributed by atoms with Crippen LogP contribution in [0.25, 0.3) is 6.08 Å². The summed E-state index contributed by atoms with van der Waals surface area (Å²) in [5, 5.41) is 0. The van der Waals surface area contributed by atoms with Crippen molar-refractivity contribution in [1.29, 1.82) is 0 Å². The molecule has 0 unspecified atom stereocenters. The van der Waals surface area contributed by atoms with Gasteiger partial charge in [0.1, 0.15) is 5.76 Å². The zero-order valence-electron chi connectivity index (χ0n) is 10.8. The molecule has 20 heavy (non-hydrogen) atoms. The lowest BCUT2D eigenvalue weighted by Gasteiger charge is -2.26.